The second-order valence-corrected chi connectivity index (χ2v) is 7.17. The minimum absolute atomic E-state index is 0.363. The van der Waals surface area contributed by atoms with Crippen molar-refractivity contribution in [3.05, 3.63) is 59.2 Å². The van der Waals surface area contributed by atoms with Crippen molar-refractivity contribution in [1.29, 1.82) is 5.26 Å². The second-order valence-electron chi connectivity index (χ2n) is 5.62. The predicted octanol–water partition coefficient (Wildman–Crippen LogP) is 4.72. The number of nitriles is 1. The molecule has 2 N–H and O–H groups in total. The molecule has 0 saturated heterocycles. The number of hydrogen-bond acceptors (Lipinski definition) is 7. The lowest BCUT2D eigenvalue weighted by Crippen LogP contribution is -1.93. The SMILES string of the molecule is N#Cc1c(Nc2cccc(CI)c2)n[nH]c1/N=C/c1ccc2snnc2c1. The zero-order valence-electron chi connectivity index (χ0n) is 13.8. The van der Waals surface area contributed by atoms with E-state index in [9.17, 15) is 5.26 Å². The van der Waals surface area contributed by atoms with Crippen molar-refractivity contribution in [1.82, 2.24) is 19.8 Å². The van der Waals surface area contributed by atoms with Gasteiger partial charge in [0.15, 0.2) is 11.6 Å². The van der Waals surface area contributed by atoms with Crippen molar-refractivity contribution in [3.8, 4) is 6.07 Å². The highest BCUT2D eigenvalue weighted by molar-refractivity contribution is 14.1. The Labute approximate surface area is 172 Å². The largest absolute Gasteiger partial charge is 0.338 e. The summed E-state index contributed by atoms with van der Waals surface area (Å²) in [6.45, 7) is 0. The number of hydrogen-bond donors (Lipinski definition) is 2. The lowest BCUT2D eigenvalue weighted by Gasteiger charge is -2.04. The molecule has 2 aromatic heterocycles. The summed E-state index contributed by atoms with van der Waals surface area (Å²) >= 11 is 3.66. The van der Waals surface area contributed by atoms with Gasteiger partial charge in [0.25, 0.3) is 0 Å². The Hall–Kier alpha value is -2.84. The third-order valence-corrected chi connectivity index (χ3v) is 5.40. The van der Waals surface area contributed by atoms with Gasteiger partial charge < -0.3 is 5.32 Å². The van der Waals surface area contributed by atoms with Gasteiger partial charge in [-0.25, -0.2) is 4.99 Å². The number of aliphatic imine (C=N–C) groups is 1. The van der Waals surface area contributed by atoms with Crippen LogP contribution >= 0.6 is 34.1 Å². The number of nitrogens with zero attached hydrogens (tertiary/aromatic N) is 5. The van der Waals surface area contributed by atoms with Crippen molar-refractivity contribution in [2.75, 3.05) is 5.32 Å². The van der Waals surface area contributed by atoms with E-state index in [1.165, 1.54) is 17.1 Å². The minimum Gasteiger partial charge on any atom is -0.338 e. The molecular formula is C18H12IN7S. The molecule has 0 fully saturated rings. The highest BCUT2D eigenvalue weighted by Gasteiger charge is 2.12. The van der Waals surface area contributed by atoms with Gasteiger partial charge in [0, 0.05) is 16.3 Å². The summed E-state index contributed by atoms with van der Waals surface area (Å²) < 4.78 is 5.85. The molecule has 2 aromatic carbocycles. The monoisotopic (exact) mass is 485 g/mol. The molecule has 7 nitrogen and oxygen atoms in total. The summed E-state index contributed by atoms with van der Waals surface area (Å²) in [5, 5.41) is 23.8. The summed E-state index contributed by atoms with van der Waals surface area (Å²) in [5.41, 5.74) is 4.14. The fraction of sp³-hybridized carbons (Fsp3) is 0.0556. The maximum absolute atomic E-state index is 9.54. The molecule has 0 aliphatic rings. The van der Waals surface area contributed by atoms with E-state index < -0.39 is 0 Å². The first-order valence-corrected chi connectivity index (χ1v) is 10.2. The number of aromatic nitrogens is 4. The number of H-pyrrole nitrogens is 1. The molecule has 4 aromatic rings. The van der Waals surface area contributed by atoms with Gasteiger partial charge in [-0.05, 0) is 46.9 Å². The van der Waals surface area contributed by atoms with Crippen LogP contribution in [0.4, 0.5) is 17.3 Å². The Bertz CT molecular complexity index is 1170. The highest BCUT2D eigenvalue weighted by atomic mass is 127. The quantitative estimate of drug-likeness (QED) is 0.242. The van der Waals surface area contributed by atoms with Gasteiger partial charge in [0.05, 0.1) is 4.70 Å². The average Bonchev–Trinajstić information content (AvgIpc) is 3.32. The Morgan fingerprint density at radius 1 is 1.30 bits per heavy atom. The van der Waals surface area contributed by atoms with Gasteiger partial charge in [0.1, 0.15) is 17.1 Å². The topological polar surface area (TPSA) is 103 Å². The molecule has 27 heavy (non-hydrogen) atoms. The Morgan fingerprint density at radius 2 is 2.22 bits per heavy atom. The third-order valence-electron chi connectivity index (χ3n) is 3.82. The summed E-state index contributed by atoms with van der Waals surface area (Å²) in [7, 11) is 0. The Morgan fingerprint density at radius 3 is 3.07 bits per heavy atom. The smallest absolute Gasteiger partial charge is 0.172 e. The second kappa shape index (κ2) is 7.81. The molecule has 0 radical (unpaired) electrons. The van der Waals surface area contributed by atoms with Crippen LogP contribution in [0.3, 0.4) is 0 Å². The van der Waals surface area contributed by atoms with Crippen molar-refractivity contribution < 1.29 is 0 Å². The minimum atomic E-state index is 0.363. The molecule has 4 rings (SSSR count). The zero-order valence-corrected chi connectivity index (χ0v) is 16.8. The fourth-order valence-electron chi connectivity index (χ4n) is 2.51. The van der Waals surface area contributed by atoms with Crippen LogP contribution in [0.15, 0.2) is 47.5 Å². The van der Waals surface area contributed by atoms with E-state index in [-0.39, 0.29) is 0 Å². The molecule has 0 aliphatic heterocycles. The zero-order chi connectivity index (χ0) is 18.6. The van der Waals surface area contributed by atoms with E-state index in [1.807, 2.05) is 36.4 Å². The lowest BCUT2D eigenvalue weighted by molar-refractivity contribution is 1.09. The van der Waals surface area contributed by atoms with Crippen molar-refractivity contribution >= 4 is 67.9 Å². The number of fused-ring (bicyclic) bond motifs is 1. The molecule has 9 heteroatoms. The van der Waals surface area contributed by atoms with Crippen LogP contribution in [0.5, 0.6) is 0 Å². The first kappa shape index (κ1) is 17.6. The molecule has 0 saturated carbocycles. The van der Waals surface area contributed by atoms with E-state index in [1.54, 1.807) is 6.21 Å². The van der Waals surface area contributed by atoms with E-state index in [4.69, 9.17) is 0 Å². The number of halogens is 1. The molecule has 0 aliphatic carbocycles. The maximum atomic E-state index is 9.54. The normalized spacial score (nSPS) is 11.1. The highest BCUT2D eigenvalue weighted by Crippen LogP contribution is 2.26. The first-order chi connectivity index (χ1) is 13.3. The standard InChI is InChI=1S/C18H12IN7S/c19-8-11-2-1-3-13(6-11)22-18-14(9-20)17(24-25-18)21-10-12-4-5-16-15(7-12)23-26-27-16/h1-7,10H,8H2,(H2,22,24,25)/b21-10+. The van der Waals surface area contributed by atoms with Crippen LogP contribution in [0.25, 0.3) is 10.2 Å². The van der Waals surface area contributed by atoms with Crippen molar-refractivity contribution in [2.24, 2.45) is 4.99 Å². The van der Waals surface area contributed by atoms with Gasteiger partial charge in [-0.1, -0.05) is 45.3 Å². The molecular weight excluding hydrogens is 473 g/mol. The fourth-order valence-corrected chi connectivity index (χ4v) is 3.52. The molecule has 2 heterocycles. The number of alkyl halides is 1. The van der Waals surface area contributed by atoms with Crippen LogP contribution in [0.2, 0.25) is 0 Å². The molecule has 132 valence electrons. The van der Waals surface area contributed by atoms with Gasteiger partial charge in [-0.3, -0.25) is 5.10 Å². The molecule has 0 atom stereocenters. The predicted molar refractivity (Wildman–Crippen MR) is 115 cm³/mol. The Kier molecular flexibility index (Phi) is 5.08. The van der Waals surface area contributed by atoms with E-state index in [2.05, 4.69) is 64.8 Å². The van der Waals surface area contributed by atoms with Crippen LogP contribution in [0.1, 0.15) is 16.7 Å². The Balaban J connectivity index is 1.59. The van der Waals surface area contributed by atoms with Crippen LogP contribution in [0, 0.1) is 11.3 Å². The average molecular weight is 485 g/mol. The number of nitrogens with one attached hydrogen (secondary N) is 2. The number of aromatic amines is 1. The number of benzene rings is 2. The van der Waals surface area contributed by atoms with Crippen molar-refractivity contribution in [3.63, 3.8) is 0 Å². The van der Waals surface area contributed by atoms with Gasteiger partial charge in [-0.2, -0.15) is 10.4 Å². The lowest BCUT2D eigenvalue weighted by atomic mass is 10.2. The van der Waals surface area contributed by atoms with E-state index >= 15 is 0 Å². The molecule has 0 amide bonds. The van der Waals surface area contributed by atoms with E-state index in [0.29, 0.717) is 17.2 Å². The third kappa shape index (κ3) is 3.81. The van der Waals surface area contributed by atoms with Gasteiger partial charge >= 0.3 is 0 Å². The number of rotatable bonds is 5. The molecule has 0 spiro atoms. The maximum Gasteiger partial charge on any atom is 0.172 e. The summed E-state index contributed by atoms with van der Waals surface area (Å²) in [4.78, 5) is 4.38. The summed E-state index contributed by atoms with van der Waals surface area (Å²) in [6, 6.07) is 15.9. The summed E-state index contributed by atoms with van der Waals surface area (Å²) in [6.07, 6.45) is 1.67. The molecule has 0 unspecified atom stereocenters. The van der Waals surface area contributed by atoms with Crippen LogP contribution in [-0.4, -0.2) is 26.0 Å². The van der Waals surface area contributed by atoms with Gasteiger partial charge in [-0.15, -0.1) is 5.10 Å². The van der Waals surface area contributed by atoms with Crippen LogP contribution in [-0.2, 0) is 4.43 Å². The summed E-state index contributed by atoms with van der Waals surface area (Å²) in [5.74, 6) is 0.857. The van der Waals surface area contributed by atoms with Gasteiger partial charge in [0.2, 0.25) is 0 Å². The first-order valence-electron chi connectivity index (χ1n) is 7.93. The van der Waals surface area contributed by atoms with Crippen LogP contribution < -0.4 is 5.32 Å². The number of anilines is 2. The molecule has 0 bridgehead atoms. The van der Waals surface area contributed by atoms with E-state index in [0.717, 1.165) is 25.9 Å². The van der Waals surface area contributed by atoms with Crippen molar-refractivity contribution in [2.45, 2.75) is 4.43 Å².